The number of anilines is 2. The van der Waals surface area contributed by atoms with Crippen LogP contribution in [-0.4, -0.2) is 4.98 Å². The number of aromatic nitrogens is 1. The van der Waals surface area contributed by atoms with Crippen LogP contribution in [0.1, 0.15) is 35.7 Å². The number of nitrogens with two attached hydrogens (primary N) is 1. The first-order valence-corrected chi connectivity index (χ1v) is 6.71. The quantitative estimate of drug-likeness (QED) is 0.829. The number of aryl methyl sites for hydroxylation is 1. The second kappa shape index (κ2) is 5.52. The first-order valence-electron chi connectivity index (χ1n) is 5.83. The molecule has 1 unspecified atom stereocenters. The highest BCUT2D eigenvalue weighted by molar-refractivity contribution is 7.09. The Morgan fingerprint density at radius 3 is 2.68 bits per heavy atom. The summed E-state index contributed by atoms with van der Waals surface area (Å²) in [6.45, 7) is 3.80. The third-order valence-electron chi connectivity index (χ3n) is 2.69. The molecule has 0 aliphatic carbocycles. The number of hydrogen-bond acceptors (Lipinski definition) is 4. The molecule has 1 aromatic heterocycles. The number of nitrogens with one attached hydrogen (secondary N) is 1. The molecule has 3 nitrogen and oxygen atoms in total. The first-order chi connectivity index (χ1) is 8.97. The molecule has 1 aromatic carbocycles. The van der Waals surface area contributed by atoms with Crippen molar-refractivity contribution in [2.75, 3.05) is 11.1 Å². The van der Waals surface area contributed by atoms with E-state index in [4.69, 9.17) is 5.73 Å². The highest BCUT2D eigenvalue weighted by atomic mass is 32.1. The van der Waals surface area contributed by atoms with Crippen molar-refractivity contribution in [1.82, 2.24) is 4.98 Å². The third-order valence-corrected chi connectivity index (χ3v) is 3.84. The van der Waals surface area contributed by atoms with Gasteiger partial charge in [-0.05, 0) is 32.0 Å². The Morgan fingerprint density at radius 1 is 1.37 bits per heavy atom. The molecule has 0 saturated heterocycles. The zero-order valence-corrected chi connectivity index (χ0v) is 11.5. The van der Waals surface area contributed by atoms with Crippen LogP contribution in [0.4, 0.5) is 20.2 Å². The minimum atomic E-state index is -2.56. The van der Waals surface area contributed by atoms with Gasteiger partial charge in [-0.2, -0.15) is 0 Å². The molecule has 0 fully saturated rings. The summed E-state index contributed by atoms with van der Waals surface area (Å²) in [5.74, 6) is 0. The van der Waals surface area contributed by atoms with E-state index < -0.39 is 6.43 Å². The van der Waals surface area contributed by atoms with E-state index in [1.807, 2.05) is 19.2 Å². The highest BCUT2D eigenvalue weighted by Gasteiger charge is 2.16. The minimum absolute atomic E-state index is 0.0832. The van der Waals surface area contributed by atoms with E-state index in [-0.39, 0.29) is 11.6 Å². The summed E-state index contributed by atoms with van der Waals surface area (Å²) in [5, 5.41) is 5.87. The van der Waals surface area contributed by atoms with Crippen LogP contribution in [0.15, 0.2) is 23.6 Å². The van der Waals surface area contributed by atoms with Crippen molar-refractivity contribution < 1.29 is 8.78 Å². The molecule has 2 rings (SSSR count). The molecule has 0 aliphatic heterocycles. The van der Waals surface area contributed by atoms with Gasteiger partial charge in [-0.15, -0.1) is 11.3 Å². The van der Waals surface area contributed by atoms with E-state index >= 15 is 0 Å². The standard InChI is InChI=1S/C13H15F2N3S/c1-7-6-19-13(17-7)8(2)18-11-4-3-9(16)5-10(11)12(14)15/h3-6,8,12,18H,16H2,1-2H3. The molecule has 0 amide bonds. The molecule has 1 heterocycles. The summed E-state index contributed by atoms with van der Waals surface area (Å²) in [4.78, 5) is 4.34. The van der Waals surface area contributed by atoms with Crippen LogP contribution in [-0.2, 0) is 0 Å². The molecule has 0 spiro atoms. The Hall–Kier alpha value is -1.69. The van der Waals surface area contributed by atoms with Crippen LogP contribution >= 0.6 is 11.3 Å². The summed E-state index contributed by atoms with van der Waals surface area (Å²) in [5.41, 5.74) is 7.11. The lowest BCUT2D eigenvalue weighted by atomic mass is 10.1. The lowest BCUT2D eigenvalue weighted by Gasteiger charge is -2.16. The maximum Gasteiger partial charge on any atom is 0.265 e. The molecular formula is C13H15F2N3S. The van der Waals surface area contributed by atoms with Gasteiger partial charge in [0.05, 0.1) is 6.04 Å². The molecular weight excluding hydrogens is 268 g/mol. The Balaban J connectivity index is 2.23. The van der Waals surface area contributed by atoms with Gasteiger partial charge in [0, 0.05) is 28.0 Å². The van der Waals surface area contributed by atoms with E-state index in [2.05, 4.69) is 10.3 Å². The van der Waals surface area contributed by atoms with E-state index in [0.29, 0.717) is 11.4 Å². The largest absolute Gasteiger partial charge is 0.399 e. The minimum Gasteiger partial charge on any atom is -0.399 e. The number of hydrogen-bond donors (Lipinski definition) is 2. The van der Waals surface area contributed by atoms with Gasteiger partial charge in [-0.1, -0.05) is 0 Å². The van der Waals surface area contributed by atoms with Gasteiger partial charge in [0.2, 0.25) is 0 Å². The van der Waals surface area contributed by atoms with Crippen LogP contribution in [0.3, 0.4) is 0 Å². The predicted octanol–water partition coefficient (Wildman–Crippen LogP) is 4.14. The topological polar surface area (TPSA) is 50.9 Å². The van der Waals surface area contributed by atoms with Crippen molar-refractivity contribution >= 4 is 22.7 Å². The van der Waals surface area contributed by atoms with Crippen LogP contribution in [0.5, 0.6) is 0 Å². The number of benzene rings is 1. The van der Waals surface area contributed by atoms with Crippen molar-refractivity contribution in [2.45, 2.75) is 26.3 Å². The normalized spacial score (nSPS) is 12.7. The second-order valence-electron chi connectivity index (χ2n) is 4.34. The van der Waals surface area contributed by atoms with Crippen LogP contribution in [0, 0.1) is 6.92 Å². The lowest BCUT2D eigenvalue weighted by molar-refractivity contribution is 0.152. The number of rotatable bonds is 4. The monoisotopic (exact) mass is 283 g/mol. The van der Waals surface area contributed by atoms with Crippen molar-refractivity contribution in [1.29, 1.82) is 0 Å². The van der Waals surface area contributed by atoms with Gasteiger partial charge >= 0.3 is 0 Å². The Labute approximate surface area is 114 Å². The second-order valence-corrected chi connectivity index (χ2v) is 5.23. The fourth-order valence-corrected chi connectivity index (χ4v) is 2.56. The zero-order valence-electron chi connectivity index (χ0n) is 10.7. The summed E-state index contributed by atoms with van der Waals surface area (Å²) in [7, 11) is 0. The molecule has 0 bridgehead atoms. The number of alkyl halides is 2. The van der Waals surface area contributed by atoms with Gasteiger partial charge in [-0.25, -0.2) is 13.8 Å². The Morgan fingerprint density at radius 2 is 2.11 bits per heavy atom. The van der Waals surface area contributed by atoms with E-state index in [9.17, 15) is 8.78 Å². The summed E-state index contributed by atoms with van der Waals surface area (Å²) in [6, 6.07) is 4.36. The zero-order chi connectivity index (χ0) is 14.0. The highest BCUT2D eigenvalue weighted by Crippen LogP contribution is 2.31. The van der Waals surface area contributed by atoms with Crippen molar-refractivity contribution in [3.63, 3.8) is 0 Å². The molecule has 2 aromatic rings. The SMILES string of the molecule is Cc1csc(C(C)Nc2ccc(N)cc2C(F)F)n1. The van der Waals surface area contributed by atoms with E-state index in [1.165, 1.54) is 17.4 Å². The van der Waals surface area contributed by atoms with Crippen LogP contribution in [0.25, 0.3) is 0 Å². The van der Waals surface area contributed by atoms with Crippen molar-refractivity contribution in [3.8, 4) is 0 Å². The Kier molecular flexibility index (Phi) is 3.99. The molecule has 0 radical (unpaired) electrons. The number of nitrogens with zero attached hydrogens (tertiary/aromatic N) is 1. The maximum atomic E-state index is 13.0. The predicted molar refractivity (Wildman–Crippen MR) is 74.7 cm³/mol. The van der Waals surface area contributed by atoms with Crippen molar-refractivity contribution in [3.05, 3.63) is 39.8 Å². The molecule has 1 atom stereocenters. The van der Waals surface area contributed by atoms with E-state index in [0.717, 1.165) is 10.7 Å². The third kappa shape index (κ3) is 3.20. The van der Waals surface area contributed by atoms with Gasteiger partial charge in [0.1, 0.15) is 5.01 Å². The average Bonchev–Trinajstić information content (AvgIpc) is 2.78. The van der Waals surface area contributed by atoms with Crippen LogP contribution < -0.4 is 11.1 Å². The molecule has 0 aliphatic rings. The summed E-state index contributed by atoms with van der Waals surface area (Å²) in [6.07, 6.45) is -2.56. The first kappa shape index (κ1) is 13.7. The number of nitrogen functional groups attached to an aromatic ring is 1. The molecule has 19 heavy (non-hydrogen) atoms. The van der Waals surface area contributed by atoms with Gasteiger partial charge in [0.25, 0.3) is 6.43 Å². The smallest absolute Gasteiger partial charge is 0.265 e. The molecule has 0 saturated carbocycles. The number of halogens is 2. The van der Waals surface area contributed by atoms with Gasteiger partial charge < -0.3 is 11.1 Å². The van der Waals surface area contributed by atoms with E-state index in [1.54, 1.807) is 12.1 Å². The molecule has 6 heteroatoms. The fourth-order valence-electron chi connectivity index (χ4n) is 1.76. The molecule has 3 N–H and O–H groups in total. The summed E-state index contributed by atoms with van der Waals surface area (Å²) < 4.78 is 25.9. The lowest BCUT2D eigenvalue weighted by Crippen LogP contribution is -2.09. The van der Waals surface area contributed by atoms with Crippen LogP contribution in [0.2, 0.25) is 0 Å². The number of thiazole rings is 1. The molecule has 102 valence electrons. The summed E-state index contributed by atoms with van der Waals surface area (Å²) >= 11 is 1.51. The fraction of sp³-hybridized carbons (Fsp3) is 0.308. The van der Waals surface area contributed by atoms with Gasteiger partial charge in [-0.3, -0.25) is 0 Å². The van der Waals surface area contributed by atoms with Crippen molar-refractivity contribution in [2.24, 2.45) is 0 Å². The Bertz CT molecular complexity index is 569. The van der Waals surface area contributed by atoms with Gasteiger partial charge in [0.15, 0.2) is 0 Å². The average molecular weight is 283 g/mol. The maximum absolute atomic E-state index is 13.0.